The van der Waals surface area contributed by atoms with E-state index in [-0.39, 0.29) is 16.2 Å². The van der Waals surface area contributed by atoms with Gasteiger partial charge >= 0.3 is 6.09 Å². The molecule has 0 saturated heterocycles. The predicted molar refractivity (Wildman–Crippen MR) is 122 cm³/mol. The van der Waals surface area contributed by atoms with E-state index in [2.05, 4.69) is 78.0 Å². The molecule has 0 spiro atoms. The van der Waals surface area contributed by atoms with Gasteiger partial charge in [0.2, 0.25) is 0 Å². The van der Waals surface area contributed by atoms with Crippen LogP contribution >= 0.6 is 0 Å². The number of aromatic nitrogens is 2. The number of imidazole rings is 1. The highest BCUT2D eigenvalue weighted by molar-refractivity contribution is 6.74. The lowest BCUT2D eigenvalue weighted by atomic mass is 10.1. The van der Waals surface area contributed by atoms with Gasteiger partial charge in [-0.3, -0.25) is 0 Å². The van der Waals surface area contributed by atoms with Gasteiger partial charge in [0.15, 0.2) is 16.6 Å². The molecule has 0 radical (unpaired) electrons. The number of carbonyl (C=O) groups is 1. The SMILES string of the molecule is CC(C)(C)[Si](C)(C)OC[C@@H](O[Si](C)(C)C(C)(C)C)[C@H](Cn1ccnc1)NC(=O)O. The highest BCUT2D eigenvalue weighted by Gasteiger charge is 2.43. The van der Waals surface area contributed by atoms with E-state index in [0.717, 1.165) is 0 Å². The second-order valence-corrected chi connectivity index (χ2v) is 20.4. The fourth-order valence-corrected chi connectivity index (χ4v) is 4.69. The third-order valence-corrected chi connectivity index (χ3v) is 15.4. The molecule has 0 unspecified atom stereocenters. The molecular weight excluding hydrogens is 402 g/mol. The normalized spacial score (nSPS) is 15.8. The number of carboxylic acid groups (broad SMARTS) is 1. The topological polar surface area (TPSA) is 85.6 Å². The fraction of sp³-hybridized carbons (Fsp3) is 0.800. The zero-order valence-electron chi connectivity index (χ0n) is 19.9. The summed E-state index contributed by atoms with van der Waals surface area (Å²) in [4.78, 5) is 15.6. The third-order valence-electron chi connectivity index (χ3n) is 6.39. The number of nitrogens with one attached hydrogen (secondary N) is 1. The maximum Gasteiger partial charge on any atom is 0.405 e. The number of hydrogen-bond donors (Lipinski definition) is 2. The van der Waals surface area contributed by atoms with Crippen LogP contribution in [-0.4, -0.2) is 56.1 Å². The van der Waals surface area contributed by atoms with E-state index in [4.69, 9.17) is 8.85 Å². The molecule has 0 aliphatic rings. The van der Waals surface area contributed by atoms with Gasteiger partial charge in [-0.15, -0.1) is 0 Å². The predicted octanol–water partition coefficient (Wildman–Crippen LogP) is 4.93. The quantitative estimate of drug-likeness (QED) is 0.528. The lowest BCUT2D eigenvalue weighted by Gasteiger charge is -2.43. The van der Waals surface area contributed by atoms with E-state index in [1.165, 1.54) is 0 Å². The monoisotopic (exact) mass is 443 g/mol. The first-order valence-corrected chi connectivity index (χ1v) is 16.0. The Bertz CT molecular complexity index is 650. The van der Waals surface area contributed by atoms with Crippen LogP contribution in [0, 0.1) is 0 Å². The Hall–Kier alpha value is -1.17. The van der Waals surface area contributed by atoms with E-state index in [0.29, 0.717) is 13.2 Å². The summed E-state index contributed by atoms with van der Waals surface area (Å²) in [5.74, 6) is 0. The molecule has 7 nitrogen and oxygen atoms in total. The van der Waals surface area contributed by atoms with Crippen LogP contribution in [-0.2, 0) is 15.4 Å². The first-order valence-electron chi connectivity index (χ1n) is 10.2. The van der Waals surface area contributed by atoms with Crippen molar-refractivity contribution in [2.45, 2.75) is 96.5 Å². The van der Waals surface area contributed by atoms with E-state index in [1.807, 2.05) is 10.8 Å². The number of amides is 1. The van der Waals surface area contributed by atoms with Gasteiger partial charge in [-0.1, -0.05) is 41.5 Å². The summed E-state index contributed by atoms with van der Waals surface area (Å²) in [7, 11) is -4.16. The lowest BCUT2D eigenvalue weighted by Crippen LogP contribution is -2.56. The fourth-order valence-electron chi connectivity index (χ4n) is 2.33. The molecular formula is C20H41N3O4Si2. The van der Waals surface area contributed by atoms with Crippen molar-refractivity contribution >= 4 is 22.7 Å². The standard InChI is InChI=1S/C20H41N3O4Si2/c1-19(2,3)28(7,8)26-14-17(27-29(9,10)20(4,5)6)16(22-18(24)25)13-23-12-11-21-15-23/h11-12,15-17,22H,13-14H2,1-10H3,(H,24,25)/t16-,17+/m0/s1. The highest BCUT2D eigenvalue weighted by atomic mass is 28.4. The Morgan fingerprint density at radius 2 is 1.66 bits per heavy atom. The number of nitrogens with zero attached hydrogens (tertiary/aromatic N) is 2. The van der Waals surface area contributed by atoms with Gasteiger partial charge in [-0.05, 0) is 36.3 Å². The van der Waals surface area contributed by atoms with E-state index in [1.54, 1.807) is 12.5 Å². The van der Waals surface area contributed by atoms with Crippen LogP contribution in [0.15, 0.2) is 18.7 Å². The first-order chi connectivity index (χ1) is 13.0. The Balaban J connectivity index is 3.18. The van der Waals surface area contributed by atoms with Gasteiger partial charge < -0.3 is 23.8 Å². The van der Waals surface area contributed by atoms with Crippen molar-refractivity contribution in [1.29, 1.82) is 0 Å². The molecule has 1 rings (SSSR count). The van der Waals surface area contributed by atoms with E-state index < -0.39 is 28.8 Å². The molecule has 2 atom stereocenters. The number of rotatable bonds is 9. The zero-order valence-corrected chi connectivity index (χ0v) is 21.9. The zero-order chi connectivity index (χ0) is 22.7. The summed E-state index contributed by atoms with van der Waals surface area (Å²) >= 11 is 0. The Morgan fingerprint density at radius 1 is 1.10 bits per heavy atom. The molecule has 0 aliphatic heterocycles. The summed E-state index contributed by atoms with van der Waals surface area (Å²) in [6.07, 6.45) is 3.76. The molecule has 0 saturated carbocycles. The second kappa shape index (κ2) is 9.32. The van der Waals surface area contributed by atoms with Crippen molar-refractivity contribution in [3.63, 3.8) is 0 Å². The number of hydrogen-bond acceptors (Lipinski definition) is 4. The van der Waals surface area contributed by atoms with Crippen molar-refractivity contribution in [3.8, 4) is 0 Å². The Morgan fingerprint density at radius 3 is 2.07 bits per heavy atom. The molecule has 1 aromatic heterocycles. The molecule has 0 fully saturated rings. The Labute approximate surface area is 178 Å². The van der Waals surface area contributed by atoms with Crippen LogP contribution in [0.25, 0.3) is 0 Å². The summed E-state index contributed by atoms with van der Waals surface area (Å²) in [5, 5.41) is 12.2. The van der Waals surface area contributed by atoms with Crippen LogP contribution in [0.1, 0.15) is 41.5 Å². The minimum atomic E-state index is -2.15. The molecule has 0 bridgehead atoms. The average molecular weight is 444 g/mol. The van der Waals surface area contributed by atoms with Gasteiger partial charge in [0, 0.05) is 18.9 Å². The van der Waals surface area contributed by atoms with Crippen molar-refractivity contribution in [2.75, 3.05) is 6.61 Å². The van der Waals surface area contributed by atoms with Crippen molar-refractivity contribution in [2.24, 2.45) is 0 Å². The maximum atomic E-state index is 11.6. The molecule has 1 heterocycles. The minimum Gasteiger partial charge on any atom is -0.465 e. The van der Waals surface area contributed by atoms with Gasteiger partial charge in [-0.25, -0.2) is 9.78 Å². The molecule has 0 aliphatic carbocycles. The van der Waals surface area contributed by atoms with Gasteiger partial charge in [0.05, 0.1) is 25.1 Å². The molecule has 0 aromatic carbocycles. The van der Waals surface area contributed by atoms with Crippen LogP contribution in [0.3, 0.4) is 0 Å². The van der Waals surface area contributed by atoms with E-state index in [9.17, 15) is 9.90 Å². The van der Waals surface area contributed by atoms with Crippen molar-refractivity contribution in [3.05, 3.63) is 18.7 Å². The van der Waals surface area contributed by atoms with E-state index >= 15 is 0 Å². The summed E-state index contributed by atoms with van der Waals surface area (Å²) in [6, 6.07) is -0.444. The van der Waals surface area contributed by atoms with Crippen molar-refractivity contribution in [1.82, 2.24) is 14.9 Å². The third kappa shape index (κ3) is 7.54. The van der Waals surface area contributed by atoms with Crippen LogP contribution in [0.2, 0.25) is 36.3 Å². The average Bonchev–Trinajstić information content (AvgIpc) is 3.01. The minimum absolute atomic E-state index is 0.00496. The summed E-state index contributed by atoms with van der Waals surface area (Å²) in [6.45, 7) is 22.7. The molecule has 9 heteroatoms. The second-order valence-electron chi connectivity index (χ2n) is 10.8. The molecule has 168 valence electrons. The smallest absolute Gasteiger partial charge is 0.405 e. The molecule has 2 N–H and O–H groups in total. The maximum absolute atomic E-state index is 11.6. The molecule has 29 heavy (non-hydrogen) atoms. The van der Waals surface area contributed by atoms with Crippen LogP contribution < -0.4 is 5.32 Å². The largest absolute Gasteiger partial charge is 0.465 e. The Kier molecular flexibility index (Phi) is 8.31. The molecule has 1 aromatic rings. The van der Waals surface area contributed by atoms with Crippen LogP contribution in [0.5, 0.6) is 0 Å². The van der Waals surface area contributed by atoms with Gasteiger partial charge in [0.25, 0.3) is 0 Å². The van der Waals surface area contributed by atoms with Gasteiger partial charge in [0.1, 0.15) is 0 Å². The highest BCUT2D eigenvalue weighted by Crippen LogP contribution is 2.39. The molecule has 1 amide bonds. The van der Waals surface area contributed by atoms with Crippen LogP contribution in [0.4, 0.5) is 4.79 Å². The lowest BCUT2D eigenvalue weighted by molar-refractivity contribution is 0.0688. The van der Waals surface area contributed by atoms with Gasteiger partial charge in [-0.2, -0.15) is 0 Å². The first kappa shape index (κ1) is 25.9. The summed E-state index contributed by atoms with van der Waals surface area (Å²) < 4.78 is 15.0. The van der Waals surface area contributed by atoms with Crippen molar-refractivity contribution < 1.29 is 18.8 Å². The summed E-state index contributed by atoms with van der Waals surface area (Å²) in [5.41, 5.74) is 0.